The Morgan fingerprint density at radius 1 is 1.33 bits per heavy atom. The lowest BCUT2D eigenvalue weighted by Crippen LogP contribution is -2.16. The number of rotatable bonds is 1. The van der Waals surface area contributed by atoms with Crippen molar-refractivity contribution in [2.75, 3.05) is 0 Å². The van der Waals surface area contributed by atoms with Gasteiger partial charge < -0.3 is 0 Å². The maximum atomic E-state index is 10.8. The minimum absolute atomic E-state index is 0.648. The molecule has 0 atom stereocenters. The zero-order valence-electron chi connectivity index (χ0n) is 9.10. The van der Waals surface area contributed by atoms with Gasteiger partial charge in [0.25, 0.3) is 0 Å². The zero-order chi connectivity index (χ0) is 11.5. The van der Waals surface area contributed by atoms with Gasteiger partial charge in [-0.15, -0.1) is 5.54 Å². The molecule has 1 rings (SSSR count). The summed E-state index contributed by atoms with van der Waals surface area (Å²) in [5.41, 5.74) is 4.71. The molecule has 0 spiro atoms. The van der Waals surface area contributed by atoms with Gasteiger partial charge in [0.15, 0.2) is 6.29 Å². The molecule has 1 aromatic carbocycles. The molecule has 1 aromatic rings. The fourth-order valence-corrected chi connectivity index (χ4v) is 1.89. The second-order valence-corrected chi connectivity index (χ2v) is 10.0. The largest absolute Gasteiger partial charge is 0.298 e. The molecule has 0 heterocycles. The molecule has 0 fully saturated rings. The molecule has 0 bridgehead atoms. The van der Waals surface area contributed by atoms with Crippen LogP contribution in [-0.4, -0.2) is 14.4 Å². The summed E-state index contributed by atoms with van der Waals surface area (Å²) in [5, 5.41) is 0. The molecule has 0 aliphatic heterocycles. The van der Waals surface area contributed by atoms with E-state index < -0.39 is 8.07 Å². The molecule has 78 valence electrons. The summed E-state index contributed by atoms with van der Waals surface area (Å²) in [5.74, 6) is 3.09. The number of hydrogen-bond donors (Lipinski definition) is 0. The molecule has 0 aliphatic carbocycles. The Hall–Kier alpha value is -0.853. The first-order chi connectivity index (χ1) is 6.92. The van der Waals surface area contributed by atoms with E-state index >= 15 is 0 Å². The van der Waals surface area contributed by atoms with Crippen LogP contribution < -0.4 is 0 Å². The molecule has 0 saturated carbocycles. The summed E-state index contributed by atoms with van der Waals surface area (Å²) in [6.45, 7) is 6.54. The van der Waals surface area contributed by atoms with Crippen molar-refractivity contribution in [3.63, 3.8) is 0 Å². The van der Waals surface area contributed by atoms with Crippen LogP contribution in [0.5, 0.6) is 0 Å². The summed E-state index contributed by atoms with van der Waals surface area (Å²) in [6.07, 6.45) is 0.846. The molecule has 0 aromatic heterocycles. The molecule has 0 amide bonds. The van der Waals surface area contributed by atoms with Crippen LogP contribution >= 0.6 is 15.9 Å². The number of benzene rings is 1. The molecule has 0 saturated heterocycles. The monoisotopic (exact) mass is 280 g/mol. The van der Waals surface area contributed by atoms with Crippen molar-refractivity contribution in [1.82, 2.24) is 0 Å². The summed E-state index contributed by atoms with van der Waals surface area (Å²) < 4.78 is 0.906. The highest BCUT2D eigenvalue weighted by atomic mass is 79.9. The van der Waals surface area contributed by atoms with Gasteiger partial charge in [0.2, 0.25) is 0 Å². The highest BCUT2D eigenvalue weighted by molar-refractivity contribution is 9.10. The Bertz CT molecular complexity index is 435. The second-order valence-electron chi connectivity index (χ2n) is 4.35. The van der Waals surface area contributed by atoms with E-state index in [-0.39, 0.29) is 0 Å². The van der Waals surface area contributed by atoms with Gasteiger partial charge in [0.05, 0.1) is 0 Å². The van der Waals surface area contributed by atoms with Crippen molar-refractivity contribution in [2.24, 2.45) is 0 Å². The van der Waals surface area contributed by atoms with E-state index in [0.717, 1.165) is 16.3 Å². The molecule has 3 heteroatoms. The van der Waals surface area contributed by atoms with Crippen LogP contribution in [0.15, 0.2) is 22.7 Å². The molecule has 0 radical (unpaired) electrons. The predicted octanol–water partition coefficient (Wildman–Crippen LogP) is 3.49. The third-order valence-electron chi connectivity index (χ3n) is 1.71. The van der Waals surface area contributed by atoms with Gasteiger partial charge in [0.1, 0.15) is 8.07 Å². The van der Waals surface area contributed by atoms with E-state index in [4.69, 9.17) is 0 Å². The third kappa shape index (κ3) is 4.02. The molecule has 0 aliphatic rings. The highest BCUT2D eigenvalue weighted by Crippen LogP contribution is 2.14. The minimum Gasteiger partial charge on any atom is -0.298 e. The van der Waals surface area contributed by atoms with Crippen molar-refractivity contribution < 1.29 is 4.79 Å². The molecular formula is C12H13BrOSi. The second kappa shape index (κ2) is 4.78. The van der Waals surface area contributed by atoms with E-state index in [9.17, 15) is 4.79 Å². The van der Waals surface area contributed by atoms with Crippen molar-refractivity contribution >= 4 is 30.3 Å². The minimum atomic E-state index is -1.38. The smallest absolute Gasteiger partial charge is 0.151 e. The van der Waals surface area contributed by atoms with Crippen LogP contribution in [0.2, 0.25) is 19.6 Å². The summed E-state index contributed by atoms with van der Waals surface area (Å²) in [4.78, 5) is 10.8. The number of halogens is 1. The third-order valence-corrected chi connectivity index (χ3v) is 3.08. The van der Waals surface area contributed by atoms with E-state index in [2.05, 4.69) is 47.0 Å². The fourth-order valence-electron chi connectivity index (χ4n) is 1.000. The molecule has 1 nitrogen and oxygen atoms in total. The van der Waals surface area contributed by atoms with Crippen LogP contribution in [0.4, 0.5) is 0 Å². The van der Waals surface area contributed by atoms with Crippen molar-refractivity contribution in [2.45, 2.75) is 19.6 Å². The first kappa shape index (κ1) is 12.2. The summed E-state index contributed by atoms with van der Waals surface area (Å²) >= 11 is 3.33. The van der Waals surface area contributed by atoms with Gasteiger partial charge in [0, 0.05) is 15.6 Å². The molecule has 15 heavy (non-hydrogen) atoms. The lowest BCUT2D eigenvalue weighted by atomic mass is 10.1. The van der Waals surface area contributed by atoms with E-state index in [1.807, 2.05) is 12.1 Å². The van der Waals surface area contributed by atoms with Gasteiger partial charge >= 0.3 is 0 Å². The average Bonchev–Trinajstić information content (AvgIpc) is 2.14. The Kier molecular flexibility index (Phi) is 3.89. The van der Waals surface area contributed by atoms with Crippen LogP contribution in [0.25, 0.3) is 0 Å². The first-order valence-corrected chi connectivity index (χ1v) is 8.99. The van der Waals surface area contributed by atoms with Crippen LogP contribution in [0.3, 0.4) is 0 Å². The van der Waals surface area contributed by atoms with E-state index in [1.165, 1.54) is 0 Å². The Morgan fingerprint density at radius 3 is 2.53 bits per heavy atom. The van der Waals surface area contributed by atoms with Crippen LogP contribution in [0.1, 0.15) is 15.9 Å². The Balaban J connectivity index is 3.14. The lowest BCUT2D eigenvalue weighted by Gasteiger charge is -2.04. The number of aldehydes is 1. The van der Waals surface area contributed by atoms with Gasteiger partial charge in [-0.25, -0.2) is 0 Å². The lowest BCUT2D eigenvalue weighted by molar-refractivity contribution is 0.112. The molecular weight excluding hydrogens is 268 g/mol. The maximum Gasteiger partial charge on any atom is 0.151 e. The standard InChI is InChI=1S/C12H13BrOSi/c1-15(2,3)7-6-10-4-5-12(13)8-11(10)9-14/h4-5,8-9H,1-3H3. The molecule has 0 unspecified atom stereocenters. The maximum absolute atomic E-state index is 10.8. The van der Waals surface area contributed by atoms with Crippen molar-refractivity contribution in [1.29, 1.82) is 0 Å². The van der Waals surface area contributed by atoms with Gasteiger partial charge in [-0.05, 0) is 18.2 Å². The van der Waals surface area contributed by atoms with Gasteiger partial charge in [-0.2, -0.15) is 0 Å². The van der Waals surface area contributed by atoms with Crippen LogP contribution in [0, 0.1) is 11.5 Å². The zero-order valence-corrected chi connectivity index (χ0v) is 11.7. The summed E-state index contributed by atoms with van der Waals surface area (Å²) in [7, 11) is -1.38. The highest BCUT2D eigenvalue weighted by Gasteiger charge is 2.08. The Labute approximate surface area is 100 Å². The number of carbonyl (C=O) groups is 1. The predicted molar refractivity (Wildman–Crippen MR) is 69.8 cm³/mol. The van der Waals surface area contributed by atoms with Crippen molar-refractivity contribution in [3.05, 3.63) is 33.8 Å². The van der Waals surface area contributed by atoms with E-state index in [0.29, 0.717) is 5.56 Å². The topological polar surface area (TPSA) is 17.1 Å². The van der Waals surface area contributed by atoms with Crippen molar-refractivity contribution in [3.8, 4) is 11.5 Å². The fraction of sp³-hybridized carbons (Fsp3) is 0.250. The Morgan fingerprint density at radius 2 is 2.00 bits per heavy atom. The van der Waals surface area contributed by atoms with Gasteiger partial charge in [-0.3, -0.25) is 4.79 Å². The quantitative estimate of drug-likeness (QED) is 0.437. The first-order valence-electron chi connectivity index (χ1n) is 4.70. The molecule has 0 N–H and O–H groups in total. The van der Waals surface area contributed by atoms with Crippen LogP contribution in [-0.2, 0) is 0 Å². The number of carbonyl (C=O) groups excluding carboxylic acids is 1. The van der Waals surface area contributed by atoms with E-state index in [1.54, 1.807) is 6.07 Å². The van der Waals surface area contributed by atoms with Gasteiger partial charge in [-0.1, -0.05) is 41.5 Å². The summed E-state index contributed by atoms with van der Waals surface area (Å²) in [6, 6.07) is 5.57. The number of hydrogen-bond acceptors (Lipinski definition) is 1. The SMILES string of the molecule is C[Si](C)(C)C#Cc1ccc(Br)cc1C=O. The average molecular weight is 281 g/mol. The normalized spacial score (nSPS) is 10.4.